The van der Waals surface area contributed by atoms with Crippen LogP contribution in [0.4, 0.5) is 4.79 Å². The predicted molar refractivity (Wildman–Crippen MR) is 59.2 cm³/mol. The quantitative estimate of drug-likeness (QED) is 0.505. The Morgan fingerprint density at radius 2 is 1.94 bits per heavy atom. The Morgan fingerprint density at radius 1 is 1.33 bits per heavy atom. The fourth-order valence-electron chi connectivity index (χ4n) is 1.64. The molecule has 0 aromatic carbocycles. The summed E-state index contributed by atoms with van der Waals surface area (Å²) in [5, 5.41) is 21.9. The Hall–Kier alpha value is -1.83. The molecule has 0 aromatic heterocycles. The van der Waals surface area contributed by atoms with Crippen LogP contribution in [-0.2, 0) is 14.3 Å². The van der Waals surface area contributed by atoms with Crippen LogP contribution in [0.1, 0.15) is 19.3 Å². The summed E-state index contributed by atoms with van der Waals surface area (Å²) in [6.07, 6.45) is 0.791. The van der Waals surface area contributed by atoms with Crippen LogP contribution in [0.25, 0.3) is 0 Å². The molecule has 1 rings (SSSR count). The first-order valence-corrected chi connectivity index (χ1v) is 5.46. The molecule has 0 spiro atoms. The maximum absolute atomic E-state index is 11.4. The summed E-state index contributed by atoms with van der Waals surface area (Å²) in [6.45, 7) is 0. The summed E-state index contributed by atoms with van der Waals surface area (Å²) in [4.78, 5) is 32.5. The summed E-state index contributed by atoms with van der Waals surface area (Å²) < 4.78 is 5.03. The molecular weight excluding hydrogens is 244 g/mol. The van der Waals surface area contributed by atoms with Gasteiger partial charge in [0.05, 0.1) is 12.5 Å². The number of methoxy groups -OCH3 is 1. The standard InChI is InChI=1S/C10H16N2O6/c1-18-6-2-5(3-6)11-10(17)12-7(9(15)16)4-8(13)14/h5-7H,2-4H2,1H3,(H,13,14)(H,15,16)(H2,11,12,17)/t5?,6?,7-/m1/s1. The SMILES string of the molecule is COC1CC(NC(=O)N[C@H](CC(=O)O)C(=O)O)C1. The van der Waals surface area contributed by atoms with Crippen LogP contribution in [0.3, 0.4) is 0 Å². The van der Waals surface area contributed by atoms with Gasteiger partial charge in [0.25, 0.3) is 0 Å². The minimum absolute atomic E-state index is 0.0609. The zero-order chi connectivity index (χ0) is 13.7. The number of aliphatic carboxylic acids is 2. The molecule has 1 aliphatic carbocycles. The zero-order valence-electron chi connectivity index (χ0n) is 9.88. The molecule has 2 amide bonds. The number of nitrogens with one attached hydrogen (secondary N) is 2. The van der Waals surface area contributed by atoms with E-state index in [9.17, 15) is 14.4 Å². The minimum Gasteiger partial charge on any atom is -0.481 e. The van der Waals surface area contributed by atoms with Gasteiger partial charge in [0.1, 0.15) is 6.04 Å². The summed E-state index contributed by atoms with van der Waals surface area (Å²) in [6, 6.07) is -2.17. The number of carbonyl (C=O) groups is 3. The Bertz CT molecular complexity index is 339. The van der Waals surface area contributed by atoms with Crippen molar-refractivity contribution in [3.05, 3.63) is 0 Å². The van der Waals surface area contributed by atoms with Gasteiger partial charge in [-0.15, -0.1) is 0 Å². The summed E-state index contributed by atoms with van der Waals surface area (Å²) >= 11 is 0. The van der Waals surface area contributed by atoms with Crippen molar-refractivity contribution in [1.82, 2.24) is 10.6 Å². The average molecular weight is 260 g/mol. The molecule has 1 atom stereocenters. The number of amides is 2. The Morgan fingerprint density at radius 3 is 2.39 bits per heavy atom. The molecule has 8 nitrogen and oxygen atoms in total. The molecule has 0 radical (unpaired) electrons. The molecule has 8 heteroatoms. The van der Waals surface area contributed by atoms with Crippen LogP contribution in [-0.4, -0.2) is 53.5 Å². The fourth-order valence-corrected chi connectivity index (χ4v) is 1.64. The van der Waals surface area contributed by atoms with E-state index in [0.717, 1.165) is 0 Å². The normalized spacial score (nSPS) is 23.6. The second-order valence-electron chi connectivity index (χ2n) is 4.13. The Balaban J connectivity index is 2.33. The van der Waals surface area contributed by atoms with Gasteiger partial charge in [-0.3, -0.25) is 4.79 Å². The smallest absolute Gasteiger partial charge is 0.326 e. The van der Waals surface area contributed by atoms with Crippen molar-refractivity contribution in [2.45, 2.75) is 37.5 Å². The number of carboxylic acids is 2. The minimum atomic E-state index is -1.43. The lowest BCUT2D eigenvalue weighted by Crippen LogP contribution is -2.54. The summed E-state index contributed by atoms with van der Waals surface area (Å²) in [7, 11) is 1.58. The van der Waals surface area contributed by atoms with E-state index in [4.69, 9.17) is 14.9 Å². The van der Waals surface area contributed by atoms with E-state index in [0.29, 0.717) is 12.8 Å². The molecule has 0 unspecified atom stereocenters. The second kappa shape index (κ2) is 6.20. The molecule has 0 aliphatic heterocycles. The van der Waals surface area contributed by atoms with E-state index >= 15 is 0 Å². The highest BCUT2D eigenvalue weighted by atomic mass is 16.5. The first-order chi connectivity index (χ1) is 8.42. The zero-order valence-corrected chi connectivity index (χ0v) is 9.88. The van der Waals surface area contributed by atoms with E-state index in [1.807, 2.05) is 0 Å². The van der Waals surface area contributed by atoms with E-state index < -0.39 is 30.4 Å². The largest absolute Gasteiger partial charge is 0.481 e. The number of ether oxygens (including phenoxy) is 1. The molecular formula is C10H16N2O6. The summed E-state index contributed by atoms with van der Waals surface area (Å²) in [5.74, 6) is -2.67. The van der Waals surface area contributed by atoms with Gasteiger partial charge in [0.15, 0.2) is 0 Å². The predicted octanol–water partition coefficient (Wildman–Crippen LogP) is -0.609. The first-order valence-electron chi connectivity index (χ1n) is 5.46. The van der Waals surface area contributed by atoms with Crippen molar-refractivity contribution in [3.63, 3.8) is 0 Å². The van der Waals surface area contributed by atoms with Gasteiger partial charge >= 0.3 is 18.0 Å². The van der Waals surface area contributed by atoms with Crippen LogP contribution in [0.2, 0.25) is 0 Å². The lowest BCUT2D eigenvalue weighted by atomic mass is 9.89. The van der Waals surface area contributed by atoms with Crippen LogP contribution >= 0.6 is 0 Å². The molecule has 4 N–H and O–H groups in total. The number of rotatable bonds is 6. The second-order valence-corrected chi connectivity index (χ2v) is 4.13. The molecule has 0 saturated heterocycles. The summed E-state index contributed by atoms with van der Waals surface area (Å²) in [5.41, 5.74) is 0. The highest BCUT2D eigenvalue weighted by molar-refractivity contribution is 5.86. The molecule has 1 aliphatic rings. The molecule has 0 heterocycles. The maximum atomic E-state index is 11.4. The highest BCUT2D eigenvalue weighted by Crippen LogP contribution is 2.22. The molecule has 1 saturated carbocycles. The Labute approximate surface area is 103 Å². The van der Waals surface area contributed by atoms with Gasteiger partial charge < -0.3 is 25.6 Å². The van der Waals surface area contributed by atoms with Crippen molar-refractivity contribution in [1.29, 1.82) is 0 Å². The highest BCUT2D eigenvalue weighted by Gasteiger charge is 2.31. The van der Waals surface area contributed by atoms with E-state index in [1.165, 1.54) is 0 Å². The van der Waals surface area contributed by atoms with Gasteiger partial charge in [-0.25, -0.2) is 9.59 Å². The van der Waals surface area contributed by atoms with Gasteiger partial charge in [-0.05, 0) is 12.8 Å². The molecule has 18 heavy (non-hydrogen) atoms. The van der Waals surface area contributed by atoms with E-state index in [1.54, 1.807) is 7.11 Å². The van der Waals surface area contributed by atoms with Crippen molar-refractivity contribution in [2.24, 2.45) is 0 Å². The first kappa shape index (κ1) is 14.2. The van der Waals surface area contributed by atoms with Gasteiger partial charge in [-0.2, -0.15) is 0 Å². The third-order valence-corrected chi connectivity index (χ3v) is 2.75. The van der Waals surface area contributed by atoms with Crippen LogP contribution in [0.5, 0.6) is 0 Å². The van der Waals surface area contributed by atoms with E-state index in [-0.39, 0.29) is 12.1 Å². The number of carboxylic acid groups (broad SMARTS) is 2. The van der Waals surface area contributed by atoms with Crippen molar-refractivity contribution >= 4 is 18.0 Å². The average Bonchev–Trinajstić information content (AvgIpc) is 2.20. The third kappa shape index (κ3) is 4.21. The third-order valence-electron chi connectivity index (χ3n) is 2.75. The van der Waals surface area contributed by atoms with Gasteiger partial charge in [0.2, 0.25) is 0 Å². The van der Waals surface area contributed by atoms with Gasteiger partial charge in [0, 0.05) is 13.2 Å². The number of hydrogen-bond donors (Lipinski definition) is 4. The van der Waals surface area contributed by atoms with Crippen LogP contribution < -0.4 is 10.6 Å². The molecule has 102 valence electrons. The van der Waals surface area contributed by atoms with Crippen LogP contribution in [0.15, 0.2) is 0 Å². The van der Waals surface area contributed by atoms with Crippen molar-refractivity contribution < 1.29 is 29.3 Å². The maximum Gasteiger partial charge on any atom is 0.326 e. The lowest BCUT2D eigenvalue weighted by molar-refractivity contribution is -0.145. The van der Waals surface area contributed by atoms with Crippen LogP contribution in [0, 0.1) is 0 Å². The lowest BCUT2D eigenvalue weighted by Gasteiger charge is -2.34. The molecule has 0 bridgehead atoms. The fraction of sp³-hybridized carbons (Fsp3) is 0.700. The topological polar surface area (TPSA) is 125 Å². The monoisotopic (exact) mass is 260 g/mol. The van der Waals surface area contributed by atoms with Gasteiger partial charge in [-0.1, -0.05) is 0 Å². The van der Waals surface area contributed by atoms with Crippen molar-refractivity contribution in [3.8, 4) is 0 Å². The number of carbonyl (C=O) groups excluding carboxylic acids is 1. The number of urea groups is 1. The van der Waals surface area contributed by atoms with Crippen molar-refractivity contribution in [2.75, 3.05) is 7.11 Å². The molecule has 0 aromatic rings. The van der Waals surface area contributed by atoms with E-state index in [2.05, 4.69) is 10.6 Å². The Kier molecular flexibility index (Phi) is 4.90. The molecule has 1 fully saturated rings. The number of hydrogen-bond acceptors (Lipinski definition) is 4.